The van der Waals surface area contributed by atoms with Gasteiger partial charge in [-0.3, -0.25) is 9.69 Å². The third-order valence-corrected chi connectivity index (χ3v) is 5.23. The molecule has 0 unspecified atom stereocenters. The van der Waals surface area contributed by atoms with Crippen LogP contribution in [0.4, 0.5) is 4.39 Å². The minimum absolute atomic E-state index is 0.0564. The van der Waals surface area contributed by atoms with Crippen LogP contribution in [0.2, 0.25) is 0 Å². The van der Waals surface area contributed by atoms with E-state index >= 15 is 0 Å². The molecule has 144 valence electrons. The fourth-order valence-electron chi connectivity index (χ4n) is 3.58. The smallest absolute Gasteiger partial charge is 0.221 e. The second kappa shape index (κ2) is 8.79. The van der Waals surface area contributed by atoms with Crippen molar-refractivity contribution in [3.8, 4) is 5.75 Å². The van der Waals surface area contributed by atoms with E-state index < -0.39 is 5.82 Å². The van der Waals surface area contributed by atoms with Crippen molar-refractivity contribution >= 4 is 5.91 Å². The van der Waals surface area contributed by atoms with Gasteiger partial charge in [0.2, 0.25) is 5.91 Å². The molecule has 0 radical (unpaired) electrons. The lowest BCUT2D eigenvalue weighted by Gasteiger charge is -2.38. The Morgan fingerprint density at radius 3 is 2.77 bits per heavy atom. The van der Waals surface area contributed by atoms with Crippen LogP contribution >= 0.6 is 0 Å². The number of carbonyl (C=O) groups is 1. The second-order valence-electron chi connectivity index (χ2n) is 7.03. The average Bonchev–Trinajstić information content (AvgIpc) is 2.63. The first-order chi connectivity index (χ1) is 12.6. The molecule has 1 aromatic carbocycles. The van der Waals surface area contributed by atoms with Gasteiger partial charge in [0, 0.05) is 26.1 Å². The summed E-state index contributed by atoms with van der Waals surface area (Å²) in [5, 5.41) is 12.7. The number of methoxy groups -OCH3 is 1. The highest BCUT2D eigenvalue weighted by molar-refractivity contribution is 5.76. The van der Waals surface area contributed by atoms with Crippen LogP contribution in [0.3, 0.4) is 0 Å². The topological polar surface area (TPSA) is 71.0 Å². The maximum atomic E-state index is 14.1. The lowest BCUT2D eigenvalue weighted by atomic mass is 9.75. The van der Waals surface area contributed by atoms with Gasteiger partial charge in [0.25, 0.3) is 0 Å². The van der Waals surface area contributed by atoms with E-state index in [0.717, 1.165) is 13.1 Å². The van der Waals surface area contributed by atoms with Crippen molar-refractivity contribution in [2.75, 3.05) is 40.0 Å². The molecule has 1 aromatic rings. The van der Waals surface area contributed by atoms with Crippen LogP contribution in [0.5, 0.6) is 5.75 Å². The molecular weight excluding hydrogens is 339 g/mol. The Labute approximate surface area is 153 Å². The molecule has 6 nitrogen and oxygen atoms in total. The van der Waals surface area contributed by atoms with E-state index in [9.17, 15) is 14.3 Å². The van der Waals surface area contributed by atoms with Crippen LogP contribution in [0.25, 0.3) is 0 Å². The van der Waals surface area contributed by atoms with Crippen LogP contribution in [-0.4, -0.2) is 62.0 Å². The number of halogens is 1. The quantitative estimate of drug-likeness (QED) is 0.765. The summed E-state index contributed by atoms with van der Waals surface area (Å²) >= 11 is 0. The zero-order valence-electron chi connectivity index (χ0n) is 15.1. The van der Waals surface area contributed by atoms with Crippen LogP contribution in [0.15, 0.2) is 18.2 Å². The Morgan fingerprint density at radius 2 is 2.15 bits per heavy atom. The molecule has 1 atom stereocenters. The van der Waals surface area contributed by atoms with E-state index in [-0.39, 0.29) is 29.7 Å². The molecule has 26 heavy (non-hydrogen) atoms. The Bertz CT molecular complexity index is 616. The second-order valence-corrected chi connectivity index (χ2v) is 7.03. The summed E-state index contributed by atoms with van der Waals surface area (Å²) in [6.07, 6.45) is 1.28. The van der Waals surface area contributed by atoms with E-state index in [1.807, 2.05) is 0 Å². The summed E-state index contributed by atoms with van der Waals surface area (Å²) < 4.78 is 24.4. The van der Waals surface area contributed by atoms with Crippen molar-refractivity contribution in [1.82, 2.24) is 10.2 Å². The molecule has 1 aliphatic heterocycles. The largest absolute Gasteiger partial charge is 0.494 e. The van der Waals surface area contributed by atoms with Crippen LogP contribution in [-0.2, 0) is 9.53 Å². The van der Waals surface area contributed by atoms with E-state index in [0.29, 0.717) is 44.6 Å². The number of hydrogen-bond acceptors (Lipinski definition) is 5. The van der Waals surface area contributed by atoms with Gasteiger partial charge in [-0.15, -0.1) is 0 Å². The third-order valence-electron chi connectivity index (χ3n) is 5.23. The zero-order chi connectivity index (χ0) is 18.5. The molecular formula is C19H27FN2O4. The highest BCUT2D eigenvalue weighted by Gasteiger charge is 2.36. The minimum Gasteiger partial charge on any atom is -0.494 e. The van der Waals surface area contributed by atoms with Crippen molar-refractivity contribution in [1.29, 1.82) is 0 Å². The number of morpholine rings is 1. The summed E-state index contributed by atoms with van der Waals surface area (Å²) in [6, 6.07) is 4.47. The molecule has 2 fully saturated rings. The molecule has 0 bridgehead atoms. The van der Waals surface area contributed by atoms with Crippen molar-refractivity contribution in [3.05, 3.63) is 29.6 Å². The number of nitrogens with zero attached hydrogens (tertiary/aromatic N) is 1. The van der Waals surface area contributed by atoms with E-state index in [2.05, 4.69) is 10.2 Å². The lowest BCUT2D eigenvalue weighted by Crippen LogP contribution is -2.43. The summed E-state index contributed by atoms with van der Waals surface area (Å²) in [5.41, 5.74) is 0.708. The van der Waals surface area contributed by atoms with Crippen molar-refractivity contribution in [2.24, 2.45) is 5.92 Å². The van der Waals surface area contributed by atoms with Crippen molar-refractivity contribution in [2.45, 2.75) is 31.4 Å². The van der Waals surface area contributed by atoms with Crippen LogP contribution in [0.1, 0.15) is 30.9 Å². The third kappa shape index (κ3) is 4.72. The number of rotatable bonds is 7. The van der Waals surface area contributed by atoms with Crippen LogP contribution < -0.4 is 10.1 Å². The Hall–Kier alpha value is -1.70. The number of hydrogen-bond donors (Lipinski definition) is 2. The maximum absolute atomic E-state index is 14.1. The summed E-state index contributed by atoms with van der Waals surface area (Å²) in [4.78, 5) is 14.7. The Balaban J connectivity index is 1.62. The molecule has 7 heteroatoms. The van der Waals surface area contributed by atoms with Gasteiger partial charge in [-0.2, -0.15) is 0 Å². The first-order valence-corrected chi connectivity index (χ1v) is 9.17. The number of aliphatic hydroxyl groups excluding tert-OH is 1. The van der Waals surface area contributed by atoms with E-state index in [4.69, 9.17) is 9.47 Å². The molecule has 1 saturated heterocycles. The Kier molecular flexibility index (Phi) is 6.45. The fourth-order valence-corrected chi connectivity index (χ4v) is 3.58. The first kappa shape index (κ1) is 19.1. The lowest BCUT2D eigenvalue weighted by molar-refractivity contribution is -0.123. The fraction of sp³-hybridized carbons (Fsp3) is 0.632. The predicted molar refractivity (Wildman–Crippen MR) is 94.4 cm³/mol. The SMILES string of the molecule is COc1ccc([C@@H](NC(=O)CCN2CCOCC2)C2CC(O)C2)cc1F. The minimum atomic E-state index is -0.447. The van der Waals surface area contributed by atoms with Gasteiger partial charge in [-0.05, 0) is 36.5 Å². The average molecular weight is 366 g/mol. The van der Waals surface area contributed by atoms with Gasteiger partial charge in [-0.25, -0.2) is 4.39 Å². The molecule has 1 heterocycles. The number of ether oxygens (including phenoxy) is 2. The van der Waals surface area contributed by atoms with Gasteiger partial charge >= 0.3 is 0 Å². The molecule has 0 spiro atoms. The van der Waals surface area contributed by atoms with Gasteiger partial charge < -0.3 is 19.9 Å². The van der Waals surface area contributed by atoms with Crippen molar-refractivity contribution < 1.29 is 23.8 Å². The molecule has 3 rings (SSSR count). The molecule has 2 aliphatic rings. The molecule has 1 saturated carbocycles. The Morgan fingerprint density at radius 1 is 1.42 bits per heavy atom. The summed E-state index contributed by atoms with van der Waals surface area (Å²) in [7, 11) is 1.42. The molecule has 1 aliphatic carbocycles. The zero-order valence-corrected chi connectivity index (χ0v) is 15.1. The standard InChI is InChI=1S/C19H27FN2O4/c1-25-17-3-2-13(12-16(17)20)19(14-10-15(23)11-14)21-18(24)4-5-22-6-8-26-9-7-22/h2-3,12,14-15,19,23H,4-11H2,1H3,(H,21,24)/t14?,15?,19-/m1/s1. The van der Waals surface area contributed by atoms with Gasteiger partial charge in [0.15, 0.2) is 11.6 Å². The number of benzene rings is 1. The number of nitrogens with one attached hydrogen (secondary N) is 1. The van der Waals surface area contributed by atoms with Gasteiger partial charge in [0.05, 0.1) is 32.5 Å². The first-order valence-electron chi connectivity index (χ1n) is 9.17. The summed E-state index contributed by atoms with van der Waals surface area (Å²) in [6.45, 7) is 3.78. The highest BCUT2D eigenvalue weighted by atomic mass is 19.1. The number of amides is 1. The van der Waals surface area contributed by atoms with E-state index in [1.165, 1.54) is 13.2 Å². The monoisotopic (exact) mass is 366 g/mol. The van der Waals surface area contributed by atoms with Crippen molar-refractivity contribution in [3.63, 3.8) is 0 Å². The summed E-state index contributed by atoms with van der Waals surface area (Å²) in [5.74, 6) is -0.207. The molecule has 1 amide bonds. The molecule has 0 aromatic heterocycles. The molecule has 2 N–H and O–H groups in total. The maximum Gasteiger partial charge on any atom is 0.221 e. The van der Waals surface area contributed by atoms with Crippen LogP contribution in [0, 0.1) is 11.7 Å². The van der Waals surface area contributed by atoms with Gasteiger partial charge in [-0.1, -0.05) is 6.07 Å². The number of carbonyl (C=O) groups excluding carboxylic acids is 1. The predicted octanol–water partition coefficient (Wildman–Crippen LogP) is 1.48. The van der Waals surface area contributed by atoms with E-state index in [1.54, 1.807) is 12.1 Å². The highest BCUT2D eigenvalue weighted by Crippen LogP contribution is 2.39. The number of aliphatic hydroxyl groups is 1. The normalized spacial score (nSPS) is 24.6. The van der Waals surface area contributed by atoms with Gasteiger partial charge in [0.1, 0.15) is 0 Å².